The van der Waals surface area contributed by atoms with E-state index in [0.29, 0.717) is 6.04 Å². The molecule has 3 atom stereocenters. The van der Waals surface area contributed by atoms with Crippen molar-refractivity contribution in [1.29, 1.82) is 0 Å². The van der Waals surface area contributed by atoms with Gasteiger partial charge in [-0.3, -0.25) is 0 Å². The van der Waals surface area contributed by atoms with Gasteiger partial charge in [0.25, 0.3) is 0 Å². The summed E-state index contributed by atoms with van der Waals surface area (Å²) in [5.74, 6) is 0.789. The van der Waals surface area contributed by atoms with Gasteiger partial charge < -0.3 is 15.7 Å². The highest BCUT2D eigenvalue weighted by Crippen LogP contribution is 2.23. The number of nitrogens with two attached hydrogens (primary N) is 1. The van der Waals surface area contributed by atoms with Crippen LogP contribution in [0.5, 0.6) is 0 Å². The summed E-state index contributed by atoms with van der Waals surface area (Å²) >= 11 is 0. The molecule has 0 amide bonds. The first-order valence-electron chi connectivity index (χ1n) is 6.10. The van der Waals surface area contributed by atoms with E-state index in [1.165, 1.54) is 19.4 Å². The van der Waals surface area contributed by atoms with E-state index in [2.05, 4.69) is 18.7 Å². The molecule has 1 aliphatic rings. The average molecular weight is 214 g/mol. The molecule has 90 valence electrons. The van der Waals surface area contributed by atoms with Crippen LogP contribution < -0.4 is 5.73 Å². The van der Waals surface area contributed by atoms with Crippen LogP contribution in [0.2, 0.25) is 0 Å². The first-order valence-corrected chi connectivity index (χ1v) is 6.10. The summed E-state index contributed by atoms with van der Waals surface area (Å²) in [4.78, 5) is 2.51. The second-order valence-electron chi connectivity index (χ2n) is 5.46. The molecule has 0 saturated carbocycles. The van der Waals surface area contributed by atoms with Crippen molar-refractivity contribution in [2.45, 2.75) is 51.6 Å². The van der Waals surface area contributed by atoms with Crippen LogP contribution in [-0.4, -0.2) is 41.3 Å². The summed E-state index contributed by atoms with van der Waals surface area (Å²) in [6, 6.07) is 0.660. The molecule has 0 spiro atoms. The molecule has 1 saturated heterocycles. The van der Waals surface area contributed by atoms with E-state index in [-0.39, 0.29) is 6.61 Å². The molecule has 3 N–H and O–H groups in total. The van der Waals surface area contributed by atoms with Gasteiger partial charge in [0, 0.05) is 18.1 Å². The molecule has 0 aromatic rings. The van der Waals surface area contributed by atoms with Crippen LogP contribution in [0.1, 0.15) is 40.0 Å². The summed E-state index contributed by atoms with van der Waals surface area (Å²) in [5.41, 5.74) is 5.52. The van der Waals surface area contributed by atoms with Crippen LogP contribution in [-0.2, 0) is 0 Å². The zero-order valence-corrected chi connectivity index (χ0v) is 10.4. The number of rotatable bonds is 4. The van der Waals surface area contributed by atoms with Gasteiger partial charge in [-0.25, -0.2) is 0 Å². The SMILES string of the molecule is CC1CCCN(CCC(C)(N)CO)C1C. The lowest BCUT2D eigenvalue weighted by Gasteiger charge is -2.39. The molecule has 3 heteroatoms. The Morgan fingerprint density at radius 1 is 1.47 bits per heavy atom. The van der Waals surface area contributed by atoms with Crippen LogP contribution in [0.15, 0.2) is 0 Å². The molecular weight excluding hydrogens is 188 g/mol. The minimum Gasteiger partial charge on any atom is -0.394 e. The van der Waals surface area contributed by atoms with Gasteiger partial charge in [0.15, 0.2) is 0 Å². The molecule has 3 unspecified atom stereocenters. The fourth-order valence-corrected chi connectivity index (χ4v) is 2.21. The van der Waals surface area contributed by atoms with Crippen LogP contribution in [0.3, 0.4) is 0 Å². The van der Waals surface area contributed by atoms with Crippen molar-refractivity contribution in [3.05, 3.63) is 0 Å². The number of aliphatic hydroxyl groups excluding tert-OH is 1. The maximum atomic E-state index is 9.10. The Kier molecular flexibility index (Phi) is 4.56. The van der Waals surface area contributed by atoms with Crippen molar-refractivity contribution in [2.24, 2.45) is 11.7 Å². The Hall–Kier alpha value is -0.120. The molecule has 1 rings (SSSR count). The van der Waals surface area contributed by atoms with Gasteiger partial charge >= 0.3 is 0 Å². The van der Waals surface area contributed by atoms with Crippen molar-refractivity contribution < 1.29 is 5.11 Å². The van der Waals surface area contributed by atoms with Gasteiger partial charge in [-0.05, 0) is 45.6 Å². The van der Waals surface area contributed by atoms with Gasteiger partial charge in [0.1, 0.15) is 0 Å². The predicted molar refractivity (Wildman–Crippen MR) is 63.7 cm³/mol. The Labute approximate surface area is 93.6 Å². The van der Waals surface area contributed by atoms with E-state index < -0.39 is 5.54 Å². The third kappa shape index (κ3) is 3.74. The molecule has 0 radical (unpaired) electrons. The number of aliphatic hydroxyl groups is 1. The standard InChI is InChI=1S/C12H26N2O/c1-10-5-4-7-14(11(10)2)8-6-12(3,13)9-15/h10-11,15H,4-9,13H2,1-3H3. The Morgan fingerprint density at radius 3 is 2.73 bits per heavy atom. The lowest BCUT2D eigenvalue weighted by molar-refractivity contribution is 0.0960. The summed E-state index contributed by atoms with van der Waals surface area (Å²) in [6.45, 7) is 8.82. The van der Waals surface area contributed by atoms with Crippen LogP contribution >= 0.6 is 0 Å². The van der Waals surface area contributed by atoms with Crippen molar-refractivity contribution >= 4 is 0 Å². The number of nitrogens with zero attached hydrogens (tertiary/aromatic N) is 1. The van der Waals surface area contributed by atoms with Crippen molar-refractivity contribution in [3.8, 4) is 0 Å². The number of likely N-dealkylation sites (tertiary alicyclic amines) is 1. The molecule has 0 bridgehead atoms. The fraction of sp³-hybridized carbons (Fsp3) is 1.00. The van der Waals surface area contributed by atoms with E-state index in [0.717, 1.165) is 18.9 Å². The van der Waals surface area contributed by atoms with Crippen molar-refractivity contribution in [2.75, 3.05) is 19.7 Å². The van der Waals surface area contributed by atoms with Crippen LogP contribution in [0.4, 0.5) is 0 Å². The molecule has 15 heavy (non-hydrogen) atoms. The Bertz CT molecular complexity index is 194. The minimum atomic E-state index is -0.416. The van der Waals surface area contributed by atoms with Crippen LogP contribution in [0.25, 0.3) is 0 Å². The van der Waals surface area contributed by atoms with E-state index >= 15 is 0 Å². The van der Waals surface area contributed by atoms with Gasteiger partial charge in [-0.1, -0.05) is 6.92 Å². The number of hydrogen-bond acceptors (Lipinski definition) is 3. The van der Waals surface area contributed by atoms with E-state index in [4.69, 9.17) is 10.8 Å². The summed E-state index contributed by atoms with van der Waals surface area (Å²) in [6.07, 6.45) is 3.52. The Morgan fingerprint density at radius 2 is 2.13 bits per heavy atom. The summed E-state index contributed by atoms with van der Waals surface area (Å²) in [7, 11) is 0. The molecule has 3 nitrogen and oxygen atoms in total. The lowest BCUT2D eigenvalue weighted by atomic mass is 9.91. The van der Waals surface area contributed by atoms with E-state index in [9.17, 15) is 0 Å². The molecule has 0 aromatic heterocycles. The first kappa shape index (κ1) is 12.9. The molecule has 1 aliphatic heterocycles. The quantitative estimate of drug-likeness (QED) is 0.739. The van der Waals surface area contributed by atoms with Gasteiger partial charge in [0.05, 0.1) is 6.61 Å². The smallest absolute Gasteiger partial charge is 0.0608 e. The maximum Gasteiger partial charge on any atom is 0.0608 e. The number of piperidine rings is 1. The lowest BCUT2D eigenvalue weighted by Crippen LogP contribution is -2.48. The maximum absolute atomic E-state index is 9.10. The zero-order valence-electron chi connectivity index (χ0n) is 10.4. The van der Waals surface area contributed by atoms with Gasteiger partial charge in [-0.15, -0.1) is 0 Å². The van der Waals surface area contributed by atoms with Gasteiger partial charge in [0.2, 0.25) is 0 Å². The second kappa shape index (κ2) is 5.28. The highest BCUT2D eigenvalue weighted by molar-refractivity contribution is 4.83. The minimum absolute atomic E-state index is 0.0742. The summed E-state index contributed by atoms with van der Waals surface area (Å²) in [5, 5.41) is 9.10. The monoisotopic (exact) mass is 214 g/mol. The van der Waals surface area contributed by atoms with Gasteiger partial charge in [-0.2, -0.15) is 0 Å². The van der Waals surface area contributed by atoms with Crippen LogP contribution in [0, 0.1) is 5.92 Å². The normalized spacial score (nSPS) is 32.6. The molecule has 1 heterocycles. The topological polar surface area (TPSA) is 49.5 Å². The van der Waals surface area contributed by atoms with Crippen molar-refractivity contribution in [1.82, 2.24) is 4.90 Å². The molecule has 0 aliphatic carbocycles. The molecule has 1 fully saturated rings. The predicted octanol–water partition coefficient (Wildman–Crippen LogP) is 1.21. The summed E-state index contributed by atoms with van der Waals surface area (Å²) < 4.78 is 0. The third-order valence-corrected chi connectivity index (χ3v) is 3.84. The highest BCUT2D eigenvalue weighted by Gasteiger charge is 2.26. The van der Waals surface area contributed by atoms with E-state index in [1.807, 2.05) is 6.92 Å². The number of hydrogen-bond donors (Lipinski definition) is 2. The zero-order chi connectivity index (χ0) is 11.5. The Balaban J connectivity index is 2.37. The molecular formula is C12H26N2O. The first-order chi connectivity index (χ1) is 6.96. The van der Waals surface area contributed by atoms with Crippen molar-refractivity contribution in [3.63, 3.8) is 0 Å². The average Bonchev–Trinajstić information content (AvgIpc) is 2.20. The fourth-order valence-electron chi connectivity index (χ4n) is 2.21. The highest BCUT2D eigenvalue weighted by atomic mass is 16.3. The second-order valence-corrected chi connectivity index (χ2v) is 5.46. The van der Waals surface area contributed by atoms with E-state index in [1.54, 1.807) is 0 Å². The third-order valence-electron chi connectivity index (χ3n) is 3.84. The molecule has 0 aromatic carbocycles. The largest absolute Gasteiger partial charge is 0.394 e.